The van der Waals surface area contributed by atoms with Crippen LogP contribution in [0.25, 0.3) is 0 Å². The summed E-state index contributed by atoms with van der Waals surface area (Å²) in [6.45, 7) is 14.7. The molecule has 2 aromatic rings. The van der Waals surface area contributed by atoms with Gasteiger partial charge in [-0.25, -0.2) is 9.59 Å². The van der Waals surface area contributed by atoms with Crippen LogP contribution >= 0.6 is 0 Å². The molecule has 4 aliphatic rings. The number of nitrogens with one attached hydrogen (secondary N) is 2. The quantitative estimate of drug-likeness (QED) is 0.346. The van der Waals surface area contributed by atoms with Gasteiger partial charge in [-0.15, -0.1) is 0 Å². The zero-order valence-electron chi connectivity index (χ0n) is 27.5. The van der Waals surface area contributed by atoms with Crippen molar-refractivity contribution in [2.24, 2.45) is 16.6 Å². The SMILES string of the molecule is CC(C)(C)OC(=O)NC1c2ccccc2CC12CCN(C(=O)OC(C)(C)C)CC2.NC1c2ccccc2CC12CCNCC2. The molecule has 2 aromatic carbocycles. The van der Waals surface area contributed by atoms with Crippen LogP contribution in [-0.2, 0) is 22.3 Å². The van der Waals surface area contributed by atoms with Gasteiger partial charge < -0.3 is 30.7 Å². The number of rotatable bonds is 1. The Balaban J connectivity index is 0.000000212. The van der Waals surface area contributed by atoms with Crippen molar-refractivity contribution < 1.29 is 19.1 Å². The van der Waals surface area contributed by atoms with Crippen LogP contribution in [0.3, 0.4) is 0 Å². The molecule has 44 heavy (non-hydrogen) atoms. The number of amides is 2. The summed E-state index contributed by atoms with van der Waals surface area (Å²) in [4.78, 5) is 26.8. The van der Waals surface area contributed by atoms with Crippen molar-refractivity contribution in [1.29, 1.82) is 0 Å². The van der Waals surface area contributed by atoms with Crippen LogP contribution in [0.2, 0.25) is 0 Å². The van der Waals surface area contributed by atoms with Crippen LogP contribution in [0, 0.1) is 10.8 Å². The van der Waals surface area contributed by atoms with Crippen molar-refractivity contribution in [2.45, 2.75) is 103 Å². The lowest BCUT2D eigenvalue weighted by Crippen LogP contribution is -2.49. The Morgan fingerprint density at radius 3 is 1.89 bits per heavy atom. The molecule has 2 fully saturated rings. The van der Waals surface area contributed by atoms with Crippen LogP contribution in [0.1, 0.15) is 102 Å². The predicted octanol–water partition coefficient (Wildman–Crippen LogP) is 6.44. The van der Waals surface area contributed by atoms with Gasteiger partial charge in [-0.05, 0) is 121 Å². The molecule has 2 heterocycles. The summed E-state index contributed by atoms with van der Waals surface area (Å²) in [5, 5.41) is 6.57. The van der Waals surface area contributed by atoms with Crippen LogP contribution in [-0.4, -0.2) is 54.5 Å². The Kier molecular flexibility index (Phi) is 9.07. The van der Waals surface area contributed by atoms with Crippen LogP contribution in [0.5, 0.6) is 0 Å². The first kappa shape index (κ1) is 32.3. The number of nitrogens with two attached hydrogens (primary N) is 1. The van der Waals surface area contributed by atoms with Gasteiger partial charge in [0, 0.05) is 24.5 Å². The minimum atomic E-state index is -0.546. The molecule has 2 saturated heterocycles. The lowest BCUT2D eigenvalue weighted by atomic mass is 9.73. The van der Waals surface area contributed by atoms with Crippen molar-refractivity contribution >= 4 is 12.2 Å². The highest BCUT2D eigenvalue weighted by Gasteiger charge is 2.49. The number of likely N-dealkylation sites (tertiary alicyclic amines) is 1. The molecule has 240 valence electrons. The van der Waals surface area contributed by atoms with E-state index in [-0.39, 0.29) is 23.6 Å². The molecular formula is C36H52N4O4. The number of piperidine rings is 2. The summed E-state index contributed by atoms with van der Waals surface area (Å²) < 4.78 is 11.1. The molecule has 2 amide bonds. The molecule has 2 unspecified atom stereocenters. The minimum Gasteiger partial charge on any atom is -0.444 e. The van der Waals surface area contributed by atoms with E-state index in [0.29, 0.717) is 18.5 Å². The van der Waals surface area contributed by atoms with E-state index in [9.17, 15) is 9.59 Å². The fourth-order valence-electron chi connectivity index (χ4n) is 7.60. The largest absolute Gasteiger partial charge is 0.444 e. The monoisotopic (exact) mass is 604 g/mol. The normalized spacial score (nSPS) is 23.3. The van der Waals surface area contributed by atoms with E-state index < -0.39 is 17.3 Å². The molecule has 8 nitrogen and oxygen atoms in total. The van der Waals surface area contributed by atoms with Gasteiger partial charge in [-0.3, -0.25) is 0 Å². The lowest BCUT2D eigenvalue weighted by molar-refractivity contribution is 0.00332. The number of hydrogen-bond donors (Lipinski definition) is 3. The Morgan fingerprint density at radius 1 is 0.795 bits per heavy atom. The molecule has 2 aliphatic carbocycles. The second kappa shape index (κ2) is 12.4. The van der Waals surface area contributed by atoms with Gasteiger partial charge in [0.25, 0.3) is 0 Å². The fraction of sp³-hybridized carbons (Fsp3) is 0.611. The highest BCUT2D eigenvalue weighted by Crippen LogP contribution is 2.52. The summed E-state index contributed by atoms with van der Waals surface area (Å²) in [6, 6.07) is 17.1. The summed E-state index contributed by atoms with van der Waals surface area (Å²) in [5.41, 5.74) is 10.9. The number of carbonyl (C=O) groups is 2. The van der Waals surface area contributed by atoms with E-state index in [4.69, 9.17) is 15.2 Å². The Labute approximate surface area is 263 Å². The first-order chi connectivity index (χ1) is 20.7. The summed E-state index contributed by atoms with van der Waals surface area (Å²) >= 11 is 0. The lowest BCUT2D eigenvalue weighted by Gasteiger charge is -2.43. The smallest absolute Gasteiger partial charge is 0.410 e. The van der Waals surface area contributed by atoms with Crippen molar-refractivity contribution in [1.82, 2.24) is 15.5 Å². The number of carbonyl (C=O) groups excluding carboxylic acids is 2. The molecule has 2 aliphatic heterocycles. The van der Waals surface area contributed by atoms with E-state index in [1.54, 1.807) is 4.90 Å². The van der Waals surface area contributed by atoms with Gasteiger partial charge in [-0.1, -0.05) is 48.5 Å². The van der Waals surface area contributed by atoms with Gasteiger partial charge in [0.05, 0.1) is 6.04 Å². The maximum absolute atomic E-state index is 12.6. The maximum atomic E-state index is 12.6. The third-order valence-corrected chi connectivity index (χ3v) is 9.78. The average Bonchev–Trinajstić information content (AvgIpc) is 3.38. The molecule has 4 N–H and O–H groups in total. The molecule has 0 bridgehead atoms. The van der Waals surface area contributed by atoms with Crippen LogP contribution < -0.4 is 16.4 Å². The van der Waals surface area contributed by atoms with E-state index in [2.05, 4.69) is 47.0 Å². The third-order valence-electron chi connectivity index (χ3n) is 9.78. The average molecular weight is 605 g/mol. The molecule has 0 radical (unpaired) electrons. The summed E-state index contributed by atoms with van der Waals surface area (Å²) in [7, 11) is 0. The molecular weight excluding hydrogens is 552 g/mol. The van der Waals surface area contributed by atoms with Crippen molar-refractivity contribution in [3.63, 3.8) is 0 Å². The van der Waals surface area contributed by atoms with Gasteiger partial charge in [0.1, 0.15) is 11.2 Å². The number of fused-ring (bicyclic) bond motifs is 2. The van der Waals surface area contributed by atoms with E-state index >= 15 is 0 Å². The number of nitrogens with zero attached hydrogens (tertiary/aromatic N) is 1. The summed E-state index contributed by atoms with van der Waals surface area (Å²) in [6.07, 6.45) is 5.49. The number of benzene rings is 2. The zero-order valence-corrected chi connectivity index (χ0v) is 27.5. The van der Waals surface area contributed by atoms with E-state index in [0.717, 1.165) is 37.9 Å². The van der Waals surface area contributed by atoms with Gasteiger partial charge >= 0.3 is 12.2 Å². The first-order valence-electron chi connectivity index (χ1n) is 16.3. The first-order valence-corrected chi connectivity index (χ1v) is 16.3. The van der Waals surface area contributed by atoms with Crippen LogP contribution in [0.15, 0.2) is 48.5 Å². The Hall–Kier alpha value is -3.10. The van der Waals surface area contributed by atoms with Crippen molar-refractivity contribution in [3.8, 4) is 0 Å². The number of hydrogen-bond acceptors (Lipinski definition) is 6. The molecule has 0 saturated carbocycles. The second-order valence-corrected chi connectivity index (χ2v) is 15.3. The van der Waals surface area contributed by atoms with Gasteiger partial charge in [-0.2, -0.15) is 0 Å². The van der Waals surface area contributed by atoms with Gasteiger partial charge in [0.15, 0.2) is 0 Å². The van der Waals surface area contributed by atoms with Gasteiger partial charge in [0.2, 0.25) is 0 Å². The number of alkyl carbamates (subject to hydrolysis) is 1. The number of ether oxygens (including phenoxy) is 2. The molecule has 6 rings (SSSR count). The fourth-order valence-corrected chi connectivity index (χ4v) is 7.60. The summed E-state index contributed by atoms with van der Waals surface area (Å²) in [5.74, 6) is 0. The maximum Gasteiger partial charge on any atom is 0.410 e. The minimum absolute atomic E-state index is 0.112. The Morgan fingerprint density at radius 2 is 1.32 bits per heavy atom. The van der Waals surface area contributed by atoms with E-state index in [1.807, 2.05) is 53.7 Å². The highest BCUT2D eigenvalue weighted by molar-refractivity contribution is 5.70. The molecule has 2 atom stereocenters. The zero-order chi connectivity index (χ0) is 31.8. The molecule has 0 aromatic heterocycles. The van der Waals surface area contributed by atoms with Crippen molar-refractivity contribution in [2.75, 3.05) is 26.2 Å². The topological polar surface area (TPSA) is 106 Å². The third kappa shape index (κ3) is 7.07. The molecule has 8 heteroatoms. The van der Waals surface area contributed by atoms with Crippen molar-refractivity contribution in [3.05, 3.63) is 70.8 Å². The second-order valence-electron chi connectivity index (χ2n) is 15.3. The van der Waals surface area contributed by atoms with Crippen LogP contribution in [0.4, 0.5) is 9.59 Å². The standard InChI is InChI=1S/C23H34N2O4.C13H18N2/c1-21(2,3)28-19(26)24-18-17-10-8-7-9-16(17)15-23(18)11-13-25(14-12-23)20(27)29-22(4,5)6;14-12-11-4-2-1-3-10(11)9-13(12)5-7-15-8-6-13/h7-10,18H,11-15H2,1-6H3,(H,24,26);1-4,12,15H,5-9,14H2. The Bertz CT molecular complexity index is 1330. The van der Waals surface area contributed by atoms with E-state index in [1.165, 1.54) is 36.0 Å². The highest BCUT2D eigenvalue weighted by atomic mass is 16.6. The molecule has 2 spiro atoms. The predicted molar refractivity (Wildman–Crippen MR) is 173 cm³/mol.